The van der Waals surface area contributed by atoms with Crippen LogP contribution in [0.3, 0.4) is 0 Å². The number of hydrogen-bond acceptors (Lipinski definition) is 1. The molecule has 0 aromatic heterocycles. The van der Waals surface area contributed by atoms with Crippen LogP contribution >= 0.6 is 0 Å². The Morgan fingerprint density at radius 3 is 2.78 bits per heavy atom. The first kappa shape index (κ1) is 13.1. The molecule has 18 heavy (non-hydrogen) atoms. The zero-order valence-corrected chi connectivity index (χ0v) is 11.4. The van der Waals surface area contributed by atoms with Gasteiger partial charge in [0.1, 0.15) is 0 Å². The largest absolute Gasteiger partial charge is 0.342 e. The summed E-state index contributed by atoms with van der Waals surface area (Å²) < 4.78 is 0. The molecule has 2 atom stereocenters. The molecule has 0 saturated carbocycles. The molecule has 1 amide bonds. The number of carbonyl (C=O) groups excluding carboxylic acids is 1. The van der Waals surface area contributed by atoms with Crippen molar-refractivity contribution in [1.29, 1.82) is 0 Å². The maximum atomic E-state index is 12.2. The van der Waals surface area contributed by atoms with E-state index in [1.807, 2.05) is 6.92 Å². The molecule has 1 heterocycles. The van der Waals surface area contributed by atoms with Crippen molar-refractivity contribution in [1.82, 2.24) is 4.90 Å². The van der Waals surface area contributed by atoms with E-state index in [0.29, 0.717) is 11.8 Å². The quantitative estimate of drug-likeness (QED) is 0.799. The second-order valence-corrected chi connectivity index (χ2v) is 5.34. The topological polar surface area (TPSA) is 20.3 Å². The lowest BCUT2D eigenvalue weighted by molar-refractivity contribution is -0.136. The SMILES string of the molecule is CCC(C)C(=O)N1CCCC(c2ccccc2)C1. The number of nitrogens with zero attached hydrogens (tertiary/aromatic N) is 1. The molecule has 0 radical (unpaired) electrons. The van der Waals surface area contributed by atoms with Crippen LogP contribution in [0.2, 0.25) is 0 Å². The van der Waals surface area contributed by atoms with Gasteiger partial charge in [-0.15, -0.1) is 0 Å². The summed E-state index contributed by atoms with van der Waals surface area (Å²) in [7, 11) is 0. The Kier molecular flexibility index (Phi) is 4.40. The Labute approximate surface area is 110 Å². The van der Waals surface area contributed by atoms with Crippen LogP contribution in [-0.2, 0) is 4.79 Å². The fraction of sp³-hybridized carbons (Fsp3) is 0.562. The normalized spacial score (nSPS) is 21.7. The summed E-state index contributed by atoms with van der Waals surface area (Å²) in [4.78, 5) is 14.3. The summed E-state index contributed by atoms with van der Waals surface area (Å²) in [5.41, 5.74) is 1.37. The van der Waals surface area contributed by atoms with Gasteiger partial charge in [0.2, 0.25) is 5.91 Å². The van der Waals surface area contributed by atoms with Crippen molar-refractivity contribution in [3.63, 3.8) is 0 Å². The van der Waals surface area contributed by atoms with Crippen LogP contribution in [0.1, 0.15) is 44.6 Å². The van der Waals surface area contributed by atoms with Gasteiger partial charge in [0.15, 0.2) is 0 Å². The third kappa shape index (κ3) is 2.92. The van der Waals surface area contributed by atoms with Gasteiger partial charge in [-0.05, 0) is 24.8 Å². The van der Waals surface area contributed by atoms with Gasteiger partial charge in [-0.25, -0.2) is 0 Å². The van der Waals surface area contributed by atoms with Crippen LogP contribution in [0, 0.1) is 5.92 Å². The molecule has 1 aromatic carbocycles. The second kappa shape index (κ2) is 6.03. The third-order valence-electron chi connectivity index (χ3n) is 4.04. The minimum Gasteiger partial charge on any atom is -0.342 e. The van der Waals surface area contributed by atoms with Crippen molar-refractivity contribution in [2.45, 2.75) is 39.0 Å². The van der Waals surface area contributed by atoms with Crippen molar-refractivity contribution in [3.8, 4) is 0 Å². The molecule has 0 N–H and O–H groups in total. The lowest BCUT2D eigenvalue weighted by Gasteiger charge is -2.34. The fourth-order valence-electron chi connectivity index (χ4n) is 2.66. The van der Waals surface area contributed by atoms with Crippen molar-refractivity contribution < 1.29 is 4.79 Å². The smallest absolute Gasteiger partial charge is 0.225 e. The number of benzene rings is 1. The van der Waals surface area contributed by atoms with E-state index in [2.05, 4.69) is 42.2 Å². The highest BCUT2D eigenvalue weighted by Gasteiger charge is 2.26. The average molecular weight is 245 g/mol. The second-order valence-electron chi connectivity index (χ2n) is 5.34. The van der Waals surface area contributed by atoms with Gasteiger partial charge in [-0.3, -0.25) is 4.79 Å². The van der Waals surface area contributed by atoms with Crippen molar-refractivity contribution in [3.05, 3.63) is 35.9 Å². The molecule has 0 aliphatic carbocycles. The molecule has 2 rings (SSSR count). The average Bonchev–Trinajstić information content (AvgIpc) is 2.46. The Morgan fingerprint density at radius 2 is 2.11 bits per heavy atom. The minimum atomic E-state index is 0.166. The summed E-state index contributed by atoms with van der Waals surface area (Å²) in [6, 6.07) is 10.6. The van der Waals surface area contributed by atoms with E-state index >= 15 is 0 Å². The number of carbonyl (C=O) groups is 1. The van der Waals surface area contributed by atoms with Crippen LogP contribution in [0.4, 0.5) is 0 Å². The van der Waals surface area contributed by atoms with Crippen molar-refractivity contribution in [2.75, 3.05) is 13.1 Å². The predicted octanol–water partition coefficient (Wildman–Crippen LogP) is 3.44. The first-order valence-electron chi connectivity index (χ1n) is 7.06. The number of hydrogen-bond donors (Lipinski definition) is 0. The summed E-state index contributed by atoms with van der Waals surface area (Å²) in [6.07, 6.45) is 3.27. The monoisotopic (exact) mass is 245 g/mol. The van der Waals surface area contributed by atoms with E-state index in [4.69, 9.17) is 0 Å². The lowest BCUT2D eigenvalue weighted by atomic mass is 9.90. The van der Waals surface area contributed by atoms with E-state index in [-0.39, 0.29) is 5.92 Å². The molecule has 0 spiro atoms. The number of rotatable bonds is 3. The molecule has 1 aliphatic heterocycles. The molecule has 2 nitrogen and oxygen atoms in total. The number of piperidine rings is 1. The van der Waals surface area contributed by atoms with E-state index in [0.717, 1.165) is 25.9 Å². The molecular formula is C16H23NO. The Bertz CT molecular complexity index is 387. The number of likely N-dealkylation sites (tertiary alicyclic amines) is 1. The van der Waals surface area contributed by atoms with Gasteiger partial charge >= 0.3 is 0 Å². The molecule has 1 fully saturated rings. The van der Waals surface area contributed by atoms with Gasteiger partial charge in [-0.2, -0.15) is 0 Å². The zero-order chi connectivity index (χ0) is 13.0. The van der Waals surface area contributed by atoms with E-state index in [1.165, 1.54) is 12.0 Å². The van der Waals surface area contributed by atoms with Crippen LogP contribution in [-0.4, -0.2) is 23.9 Å². The zero-order valence-electron chi connectivity index (χ0n) is 11.4. The van der Waals surface area contributed by atoms with Gasteiger partial charge in [-0.1, -0.05) is 44.2 Å². The predicted molar refractivity (Wildman–Crippen MR) is 74.5 cm³/mol. The van der Waals surface area contributed by atoms with Gasteiger partial charge in [0.25, 0.3) is 0 Å². The fourth-order valence-corrected chi connectivity index (χ4v) is 2.66. The number of amides is 1. The minimum absolute atomic E-state index is 0.166. The molecule has 1 aliphatic rings. The molecule has 2 unspecified atom stereocenters. The Hall–Kier alpha value is -1.31. The van der Waals surface area contributed by atoms with Gasteiger partial charge in [0, 0.05) is 24.9 Å². The van der Waals surface area contributed by atoms with Crippen molar-refractivity contribution >= 4 is 5.91 Å². The first-order valence-corrected chi connectivity index (χ1v) is 7.06. The summed E-state index contributed by atoms with van der Waals surface area (Å²) in [6.45, 7) is 5.95. The standard InChI is InChI=1S/C16H23NO/c1-3-13(2)16(18)17-11-7-10-15(12-17)14-8-5-4-6-9-14/h4-6,8-9,13,15H,3,7,10-12H2,1-2H3. The van der Waals surface area contributed by atoms with Gasteiger partial charge < -0.3 is 4.90 Å². The van der Waals surface area contributed by atoms with Crippen LogP contribution in [0.25, 0.3) is 0 Å². The molecule has 98 valence electrons. The Morgan fingerprint density at radius 1 is 1.39 bits per heavy atom. The Balaban J connectivity index is 2.03. The highest BCUT2D eigenvalue weighted by molar-refractivity contribution is 5.78. The maximum Gasteiger partial charge on any atom is 0.225 e. The van der Waals surface area contributed by atoms with E-state index < -0.39 is 0 Å². The maximum absolute atomic E-state index is 12.2. The lowest BCUT2D eigenvalue weighted by Crippen LogP contribution is -2.41. The molecule has 1 saturated heterocycles. The summed E-state index contributed by atoms with van der Waals surface area (Å²) in [5.74, 6) is 1.02. The highest BCUT2D eigenvalue weighted by Crippen LogP contribution is 2.27. The van der Waals surface area contributed by atoms with Crippen LogP contribution in [0.5, 0.6) is 0 Å². The highest BCUT2D eigenvalue weighted by atomic mass is 16.2. The molecular weight excluding hydrogens is 222 g/mol. The summed E-state index contributed by atoms with van der Waals surface area (Å²) >= 11 is 0. The molecule has 2 heteroatoms. The van der Waals surface area contributed by atoms with Crippen LogP contribution in [0.15, 0.2) is 30.3 Å². The van der Waals surface area contributed by atoms with E-state index in [9.17, 15) is 4.79 Å². The first-order chi connectivity index (χ1) is 8.72. The third-order valence-corrected chi connectivity index (χ3v) is 4.04. The van der Waals surface area contributed by atoms with E-state index in [1.54, 1.807) is 0 Å². The molecule has 1 aromatic rings. The summed E-state index contributed by atoms with van der Waals surface area (Å²) in [5, 5.41) is 0. The molecule has 0 bridgehead atoms. The van der Waals surface area contributed by atoms with Crippen LogP contribution < -0.4 is 0 Å². The van der Waals surface area contributed by atoms with Gasteiger partial charge in [0.05, 0.1) is 0 Å². The van der Waals surface area contributed by atoms with Crippen molar-refractivity contribution in [2.24, 2.45) is 5.92 Å².